The van der Waals surface area contributed by atoms with Crippen LogP contribution in [0.25, 0.3) is 5.52 Å². The van der Waals surface area contributed by atoms with E-state index in [1.165, 1.54) is 16.9 Å². The number of hydrogen-bond acceptors (Lipinski definition) is 11. The number of ether oxygens (including phenoxy) is 3. The lowest BCUT2D eigenvalue weighted by Crippen LogP contribution is -2.46. The fraction of sp³-hybridized carbons (Fsp3) is 0.667. The van der Waals surface area contributed by atoms with Crippen LogP contribution >= 0.6 is 0 Å². The van der Waals surface area contributed by atoms with Gasteiger partial charge in [0.2, 0.25) is 5.60 Å². The van der Waals surface area contributed by atoms with Crippen LogP contribution in [0.2, 0.25) is 0 Å². The molecule has 0 bridgehead atoms. The van der Waals surface area contributed by atoms with Gasteiger partial charge >= 0.3 is 18.0 Å². The van der Waals surface area contributed by atoms with Crippen molar-refractivity contribution in [1.82, 2.24) is 19.5 Å². The van der Waals surface area contributed by atoms with Crippen molar-refractivity contribution in [2.75, 3.05) is 25.0 Å². The fourth-order valence-electron chi connectivity index (χ4n) is 5.79. The molecular formula is C30H43N7O7. The lowest BCUT2D eigenvalue weighted by molar-refractivity contribution is -0.162. The summed E-state index contributed by atoms with van der Waals surface area (Å²) in [6, 6.07) is 3.78. The number of nitriles is 1. The Morgan fingerprint density at radius 2 is 1.95 bits per heavy atom. The van der Waals surface area contributed by atoms with Gasteiger partial charge in [0.25, 0.3) is 0 Å². The summed E-state index contributed by atoms with van der Waals surface area (Å²) in [6.07, 6.45) is 2.39. The molecule has 14 nitrogen and oxygen atoms in total. The molecule has 3 heterocycles. The first-order valence-corrected chi connectivity index (χ1v) is 15.3. The minimum absolute atomic E-state index is 0.105. The topological polar surface area (TPSA) is 194 Å². The molecule has 2 aromatic heterocycles. The molecular weight excluding hydrogens is 570 g/mol. The molecule has 240 valence electrons. The number of fused-ring (bicyclic) bond motifs is 1. The summed E-state index contributed by atoms with van der Waals surface area (Å²) in [4.78, 5) is 44.1. The van der Waals surface area contributed by atoms with Gasteiger partial charge in [-0.05, 0) is 50.7 Å². The van der Waals surface area contributed by atoms with Crippen molar-refractivity contribution in [3.8, 4) is 6.07 Å². The molecule has 1 saturated heterocycles. The maximum atomic E-state index is 12.9. The molecule has 0 radical (unpaired) electrons. The molecule has 2 fully saturated rings. The van der Waals surface area contributed by atoms with Crippen molar-refractivity contribution in [3.63, 3.8) is 0 Å². The number of amides is 2. The van der Waals surface area contributed by atoms with E-state index in [0.29, 0.717) is 18.6 Å². The zero-order valence-corrected chi connectivity index (χ0v) is 25.8. The second-order valence-electron chi connectivity index (χ2n) is 11.7. The number of urea groups is 1. The SMILES string of the molecule is CCN(CC)C(=O)Nc1ncnn2c([C@]3(C#N)O[C@H](COC(=O)CC4CCCCC4)[C@@H](OC(=O)[C@@H](N)C(C)C)[C@H]3O)ccc12. The first-order chi connectivity index (χ1) is 21.1. The van der Waals surface area contributed by atoms with Crippen LogP contribution in [0.15, 0.2) is 18.5 Å². The zero-order valence-electron chi connectivity index (χ0n) is 25.8. The van der Waals surface area contributed by atoms with E-state index in [1.807, 2.05) is 19.9 Å². The second kappa shape index (κ2) is 14.3. The number of aliphatic hydroxyl groups excluding tert-OH is 1. The van der Waals surface area contributed by atoms with Crippen LogP contribution in [0, 0.1) is 23.2 Å². The molecule has 4 N–H and O–H groups in total. The molecule has 14 heteroatoms. The van der Waals surface area contributed by atoms with Gasteiger partial charge in [-0.2, -0.15) is 10.4 Å². The van der Waals surface area contributed by atoms with Gasteiger partial charge in [-0.3, -0.25) is 14.9 Å². The van der Waals surface area contributed by atoms with Gasteiger partial charge in [0.05, 0.1) is 5.69 Å². The average Bonchev–Trinajstić information content (AvgIpc) is 3.57. The standard InChI is InChI=1S/C30H43N7O7/c1-5-36(6-2)29(41)35-27-20-12-13-22(37(20)34-17-33-27)30(16-31)26(39)25(43-28(40)24(32)18(3)4)21(44-30)15-42-23(38)14-19-10-8-7-9-11-19/h12-13,17-19,21,24-26,39H,5-11,14-15,32H2,1-4H3,(H,33,34,35,41)/t21-,24+,25-,26-,30+/m1/s1. The number of aliphatic hydroxyl groups is 1. The number of esters is 2. The van der Waals surface area contributed by atoms with Crippen LogP contribution in [0.5, 0.6) is 0 Å². The van der Waals surface area contributed by atoms with Gasteiger partial charge in [-0.15, -0.1) is 0 Å². The number of aromatic nitrogens is 3. The Kier molecular flexibility index (Phi) is 10.8. The molecule has 1 saturated carbocycles. The highest BCUT2D eigenvalue weighted by Gasteiger charge is 2.60. The summed E-state index contributed by atoms with van der Waals surface area (Å²) in [5, 5.41) is 29.1. The third-order valence-electron chi connectivity index (χ3n) is 8.54. The van der Waals surface area contributed by atoms with Crippen molar-refractivity contribution >= 4 is 29.3 Å². The Hall–Kier alpha value is -3.80. The molecule has 2 aromatic rings. The molecule has 0 aromatic carbocycles. The van der Waals surface area contributed by atoms with Gasteiger partial charge in [-0.25, -0.2) is 14.3 Å². The van der Waals surface area contributed by atoms with Crippen molar-refractivity contribution in [1.29, 1.82) is 5.26 Å². The third-order valence-corrected chi connectivity index (χ3v) is 8.54. The normalized spacial score (nSPS) is 24.5. The molecule has 2 aliphatic rings. The van der Waals surface area contributed by atoms with Crippen LogP contribution in [-0.4, -0.2) is 86.6 Å². The summed E-state index contributed by atoms with van der Waals surface area (Å²) < 4.78 is 18.7. The summed E-state index contributed by atoms with van der Waals surface area (Å²) in [5.74, 6) is -1.05. The molecule has 1 aliphatic carbocycles. The number of carbonyl (C=O) groups excluding carboxylic acids is 3. The molecule has 0 unspecified atom stereocenters. The molecule has 0 spiro atoms. The monoisotopic (exact) mass is 613 g/mol. The minimum atomic E-state index is -2.09. The van der Waals surface area contributed by atoms with Crippen LogP contribution < -0.4 is 11.1 Å². The van der Waals surface area contributed by atoms with Crippen molar-refractivity contribution in [2.45, 2.75) is 96.2 Å². The fourth-order valence-corrected chi connectivity index (χ4v) is 5.79. The first kappa shape index (κ1) is 33.1. The predicted molar refractivity (Wildman–Crippen MR) is 158 cm³/mol. The predicted octanol–water partition coefficient (Wildman–Crippen LogP) is 2.49. The quantitative estimate of drug-likeness (QED) is 0.315. The number of nitrogens with zero attached hydrogens (tertiary/aromatic N) is 5. The van der Waals surface area contributed by atoms with E-state index >= 15 is 0 Å². The van der Waals surface area contributed by atoms with E-state index in [9.17, 15) is 24.8 Å². The van der Waals surface area contributed by atoms with E-state index in [4.69, 9.17) is 19.9 Å². The molecule has 2 amide bonds. The number of nitrogens with one attached hydrogen (secondary N) is 1. The first-order valence-electron chi connectivity index (χ1n) is 15.3. The summed E-state index contributed by atoms with van der Waals surface area (Å²) in [5.41, 5.74) is 4.37. The van der Waals surface area contributed by atoms with E-state index in [1.54, 1.807) is 24.8 Å². The molecule has 1 aliphatic heterocycles. The van der Waals surface area contributed by atoms with Crippen LogP contribution in [-0.2, 0) is 29.4 Å². The molecule has 5 atom stereocenters. The third kappa shape index (κ3) is 6.80. The number of carbonyl (C=O) groups is 3. The highest BCUT2D eigenvalue weighted by Crippen LogP contribution is 2.42. The summed E-state index contributed by atoms with van der Waals surface area (Å²) in [7, 11) is 0. The van der Waals surface area contributed by atoms with Gasteiger partial charge in [0.15, 0.2) is 11.9 Å². The lowest BCUT2D eigenvalue weighted by Gasteiger charge is -2.25. The Bertz CT molecular complexity index is 1370. The van der Waals surface area contributed by atoms with Crippen LogP contribution in [0.4, 0.5) is 10.6 Å². The van der Waals surface area contributed by atoms with Gasteiger partial charge < -0.3 is 30.0 Å². The lowest BCUT2D eigenvalue weighted by atomic mass is 9.87. The Labute approximate surface area is 256 Å². The van der Waals surface area contributed by atoms with Gasteiger partial charge in [0, 0.05) is 19.5 Å². The largest absolute Gasteiger partial charge is 0.463 e. The van der Waals surface area contributed by atoms with E-state index < -0.39 is 41.9 Å². The van der Waals surface area contributed by atoms with Gasteiger partial charge in [-0.1, -0.05) is 33.1 Å². The highest BCUT2D eigenvalue weighted by atomic mass is 16.6. The Balaban J connectivity index is 1.63. The van der Waals surface area contributed by atoms with Crippen LogP contribution in [0.3, 0.4) is 0 Å². The number of hydrogen-bond donors (Lipinski definition) is 3. The number of nitrogens with two attached hydrogens (primary N) is 1. The highest BCUT2D eigenvalue weighted by molar-refractivity contribution is 5.92. The maximum Gasteiger partial charge on any atom is 0.323 e. The van der Waals surface area contributed by atoms with E-state index in [0.717, 1.165) is 32.1 Å². The smallest absolute Gasteiger partial charge is 0.323 e. The maximum absolute atomic E-state index is 12.9. The second-order valence-corrected chi connectivity index (χ2v) is 11.7. The van der Waals surface area contributed by atoms with Crippen molar-refractivity contribution < 1.29 is 33.7 Å². The summed E-state index contributed by atoms with van der Waals surface area (Å²) >= 11 is 0. The molecule has 4 rings (SSSR count). The minimum Gasteiger partial charge on any atom is -0.463 e. The average molecular weight is 614 g/mol. The zero-order chi connectivity index (χ0) is 32.0. The summed E-state index contributed by atoms with van der Waals surface area (Å²) in [6.45, 7) is 7.82. The Morgan fingerprint density at radius 3 is 2.59 bits per heavy atom. The number of rotatable bonds is 11. The van der Waals surface area contributed by atoms with E-state index in [-0.39, 0.29) is 42.4 Å². The van der Waals surface area contributed by atoms with Crippen LogP contribution in [0.1, 0.15) is 71.9 Å². The Morgan fingerprint density at radius 1 is 1.25 bits per heavy atom. The van der Waals surface area contributed by atoms with E-state index in [2.05, 4.69) is 15.4 Å². The van der Waals surface area contributed by atoms with Crippen molar-refractivity contribution in [3.05, 3.63) is 24.2 Å². The molecule has 44 heavy (non-hydrogen) atoms. The van der Waals surface area contributed by atoms with Gasteiger partial charge in [0.1, 0.15) is 42.8 Å². The van der Waals surface area contributed by atoms with Crippen molar-refractivity contribution in [2.24, 2.45) is 17.6 Å². The number of anilines is 1.